The Morgan fingerprint density at radius 1 is 0.258 bits per heavy atom. The molecule has 0 aromatic heterocycles. The molecule has 0 aliphatic carbocycles. The van der Waals surface area contributed by atoms with Crippen molar-refractivity contribution in [2.45, 2.75) is 414 Å². The van der Waals surface area contributed by atoms with Crippen LogP contribution in [0.3, 0.4) is 0 Å². The first kappa shape index (κ1) is 95.1. The van der Waals surface area contributed by atoms with Gasteiger partial charge in [-0.2, -0.15) is 0 Å². The molecule has 0 saturated heterocycles. The number of aliphatic hydroxyl groups excluding tert-OH is 1. The molecule has 2 unspecified atom stereocenters. The molecular formula is C78H152O17P2. The second-order valence-corrected chi connectivity index (χ2v) is 32.9. The number of esters is 4. The molecule has 576 valence electrons. The van der Waals surface area contributed by atoms with Crippen LogP contribution in [-0.4, -0.2) is 96.7 Å². The molecule has 0 aromatic rings. The van der Waals surface area contributed by atoms with Gasteiger partial charge in [-0.1, -0.05) is 344 Å². The largest absolute Gasteiger partial charge is 0.472 e. The Hall–Kier alpha value is -1.94. The number of hydrogen-bond acceptors (Lipinski definition) is 15. The lowest BCUT2D eigenvalue weighted by molar-refractivity contribution is -0.161. The molecule has 0 fully saturated rings. The van der Waals surface area contributed by atoms with E-state index in [4.69, 9.17) is 37.0 Å². The Morgan fingerprint density at radius 3 is 0.639 bits per heavy atom. The highest BCUT2D eigenvalue weighted by Crippen LogP contribution is 2.45. The SMILES string of the molecule is CC(C)CCCCCCCCCCCCCCCCCCCCC(=O)OC[C@H](COP(=O)(O)OC[C@@H](O)COP(=O)(O)OC[C@@H](COC(=O)CCCCCCCCC(C)C)OC(=O)CCCCCCCCCCCC(C)C)OC(=O)CCCCCCCCCCCCCCC(C)C. The van der Waals surface area contributed by atoms with Crippen molar-refractivity contribution < 1.29 is 80.2 Å². The minimum Gasteiger partial charge on any atom is -0.462 e. The van der Waals surface area contributed by atoms with Gasteiger partial charge in [-0.3, -0.25) is 37.3 Å². The van der Waals surface area contributed by atoms with Gasteiger partial charge in [0.05, 0.1) is 26.4 Å². The fraction of sp³-hybridized carbons (Fsp3) is 0.949. The average molecular weight is 1420 g/mol. The predicted octanol–water partition coefficient (Wildman–Crippen LogP) is 22.8. The maximum absolute atomic E-state index is 13.1. The summed E-state index contributed by atoms with van der Waals surface area (Å²) in [4.78, 5) is 72.8. The summed E-state index contributed by atoms with van der Waals surface area (Å²) >= 11 is 0. The number of phosphoric ester groups is 2. The van der Waals surface area contributed by atoms with Gasteiger partial charge in [0.1, 0.15) is 19.3 Å². The fourth-order valence-corrected chi connectivity index (χ4v) is 13.5. The summed E-state index contributed by atoms with van der Waals surface area (Å²) in [6.07, 6.45) is 53.0. The van der Waals surface area contributed by atoms with Crippen LogP contribution in [0, 0.1) is 23.7 Å². The first-order chi connectivity index (χ1) is 46.6. The zero-order chi connectivity index (χ0) is 71.7. The first-order valence-corrected chi connectivity index (χ1v) is 43.2. The quantitative estimate of drug-likeness (QED) is 0.0222. The maximum atomic E-state index is 13.1. The number of ether oxygens (including phenoxy) is 4. The van der Waals surface area contributed by atoms with Crippen LogP contribution in [0.25, 0.3) is 0 Å². The topological polar surface area (TPSA) is 237 Å². The van der Waals surface area contributed by atoms with E-state index in [1.165, 1.54) is 193 Å². The van der Waals surface area contributed by atoms with E-state index < -0.39 is 97.5 Å². The summed E-state index contributed by atoms with van der Waals surface area (Å²) in [7, 11) is -9.91. The molecule has 17 nitrogen and oxygen atoms in total. The van der Waals surface area contributed by atoms with Crippen LogP contribution in [0.1, 0.15) is 396 Å². The molecule has 0 bridgehead atoms. The molecule has 0 aromatic carbocycles. The van der Waals surface area contributed by atoms with Crippen molar-refractivity contribution in [3.05, 3.63) is 0 Å². The van der Waals surface area contributed by atoms with Crippen LogP contribution in [-0.2, 0) is 65.4 Å². The smallest absolute Gasteiger partial charge is 0.462 e. The van der Waals surface area contributed by atoms with Crippen molar-refractivity contribution >= 4 is 39.5 Å². The van der Waals surface area contributed by atoms with E-state index in [-0.39, 0.29) is 25.7 Å². The summed E-state index contributed by atoms with van der Waals surface area (Å²) in [5.41, 5.74) is 0. The molecule has 0 saturated carbocycles. The lowest BCUT2D eigenvalue weighted by atomic mass is 10.0. The minimum absolute atomic E-state index is 0.104. The summed E-state index contributed by atoms with van der Waals surface area (Å²) in [5.74, 6) is 0.894. The number of carbonyl (C=O) groups excluding carboxylic acids is 4. The second kappa shape index (κ2) is 67.2. The molecule has 0 amide bonds. The standard InChI is InChI=1S/C78H152O17P2/c1-68(2)54-46-38-30-24-19-15-13-11-9-10-12-14-16-21-27-33-42-50-58-75(80)88-64-73(94-77(82)60-52-44-34-28-22-18-17-20-25-31-39-47-55-69(3)4)66-92-96(84,85)90-62-72(79)63-91-97(86,87)93-67-74(65-89-76(81)59-51-43-37-36-41-49-57-71(7)8)95-78(83)61-53-45-35-29-23-26-32-40-48-56-70(5)6/h68-74,79H,9-67H2,1-8H3,(H,84,85)(H,86,87)/t72-,73-,74-/m1/s1. The number of phosphoric acid groups is 2. The average Bonchev–Trinajstić information content (AvgIpc) is 1.20. The highest BCUT2D eigenvalue weighted by atomic mass is 31.2. The van der Waals surface area contributed by atoms with Crippen LogP contribution >= 0.6 is 15.6 Å². The lowest BCUT2D eigenvalue weighted by Crippen LogP contribution is -2.30. The van der Waals surface area contributed by atoms with E-state index in [2.05, 4.69) is 55.4 Å². The highest BCUT2D eigenvalue weighted by molar-refractivity contribution is 7.47. The van der Waals surface area contributed by atoms with Crippen molar-refractivity contribution in [3.8, 4) is 0 Å². The van der Waals surface area contributed by atoms with Gasteiger partial charge >= 0.3 is 39.5 Å². The molecule has 0 rings (SSSR count). The third-order valence-electron chi connectivity index (χ3n) is 18.1. The Bertz CT molecular complexity index is 1900. The zero-order valence-electron chi connectivity index (χ0n) is 63.7. The van der Waals surface area contributed by atoms with Gasteiger partial charge in [0.25, 0.3) is 0 Å². The number of hydrogen-bond donors (Lipinski definition) is 3. The zero-order valence-corrected chi connectivity index (χ0v) is 65.5. The van der Waals surface area contributed by atoms with Crippen molar-refractivity contribution in [2.24, 2.45) is 23.7 Å². The van der Waals surface area contributed by atoms with E-state index >= 15 is 0 Å². The molecule has 5 atom stereocenters. The van der Waals surface area contributed by atoms with Crippen molar-refractivity contribution in [3.63, 3.8) is 0 Å². The van der Waals surface area contributed by atoms with Gasteiger partial charge in [0, 0.05) is 25.7 Å². The van der Waals surface area contributed by atoms with E-state index in [0.717, 1.165) is 114 Å². The molecule has 3 N–H and O–H groups in total. The van der Waals surface area contributed by atoms with Crippen LogP contribution in [0.4, 0.5) is 0 Å². The van der Waals surface area contributed by atoms with Crippen LogP contribution in [0.15, 0.2) is 0 Å². The first-order valence-electron chi connectivity index (χ1n) is 40.2. The van der Waals surface area contributed by atoms with Crippen LogP contribution < -0.4 is 0 Å². The summed E-state index contributed by atoms with van der Waals surface area (Å²) in [6.45, 7) is 14.2. The molecule has 97 heavy (non-hydrogen) atoms. The van der Waals surface area contributed by atoms with Crippen LogP contribution in [0.5, 0.6) is 0 Å². The molecule has 19 heteroatoms. The Morgan fingerprint density at radius 2 is 0.433 bits per heavy atom. The van der Waals surface area contributed by atoms with E-state index in [9.17, 15) is 43.2 Å². The number of carbonyl (C=O) groups is 4. The molecule has 0 aliphatic rings. The summed E-state index contributed by atoms with van der Waals surface area (Å²) < 4.78 is 68.5. The van der Waals surface area contributed by atoms with Gasteiger partial charge in [-0.15, -0.1) is 0 Å². The van der Waals surface area contributed by atoms with Crippen molar-refractivity contribution in [1.82, 2.24) is 0 Å². The predicted molar refractivity (Wildman–Crippen MR) is 395 cm³/mol. The molecule has 0 spiro atoms. The van der Waals surface area contributed by atoms with Gasteiger partial charge < -0.3 is 33.8 Å². The highest BCUT2D eigenvalue weighted by Gasteiger charge is 2.30. The number of aliphatic hydroxyl groups is 1. The maximum Gasteiger partial charge on any atom is 0.472 e. The molecule has 0 heterocycles. The summed E-state index contributed by atoms with van der Waals surface area (Å²) in [6, 6.07) is 0. The fourth-order valence-electron chi connectivity index (χ4n) is 11.9. The van der Waals surface area contributed by atoms with Crippen molar-refractivity contribution in [2.75, 3.05) is 39.6 Å². The van der Waals surface area contributed by atoms with E-state index in [1.807, 2.05) is 0 Å². The Kier molecular flexibility index (Phi) is 65.9. The van der Waals surface area contributed by atoms with Gasteiger partial charge in [0.2, 0.25) is 0 Å². The third kappa shape index (κ3) is 72.2. The van der Waals surface area contributed by atoms with Crippen molar-refractivity contribution in [1.29, 1.82) is 0 Å². The number of unbranched alkanes of at least 4 members (excludes halogenated alkanes) is 41. The van der Waals surface area contributed by atoms with Gasteiger partial charge in [-0.05, 0) is 49.4 Å². The van der Waals surface area contributed by atoms with E-state index in [0.29, 0.717) is 31.6 Å². The Balaban J connectivity index is 5.19. The molecular weight excluding hydrogens is 1270 g/mol. The second-order valence-electron chi connectivity index (χ2n) is 30.0. The molecule has 0 radical (unpaired) electrons. The third-order valence-corrected chi connectivity index (χ3v) is 20.0. The molecule has 0 aliphatic heterocycles. The van der Waals surface area contributed by atoms with Gasteiger partial charge in [0.15, 0.2) is 12.2 Å². The van der Waals surface area contributed by atoms with E-state index in [1.54, 1.807) is 0 Å². The number of rotatable bonds is 75. The minimum atomic E-state index is -4.96. The van der Waals surface area contributed by atoms with Gasteiger partial charge in [-0.25, -0.2) is 9.13 Å². The van der Waals surface area contributed by atoms with Crippen LogP contribution in [0.2, 0.25) is 0 Å². The summed E-state index contributed by atoms with van der Waals surface area (Å²) in [5, 5.41) is 10.6. The Labute approximate surface area is 594 Å². The normalized spacial score (nSPS) is 14.1. The lowest BCUT2D eigenvalue weighted by Gasteiger charge is -2.21. The monoisotopic (exact) mass is 1420 g/mol.